The highest BCUT2D eigenvalue weighted by atomic mass is 16.4. The van der Waals surface area contributed by atoms with Gasteiger partial charge in [0.25, 0.3) is 0 Å². The number of H-pyrrole nitrogens is 1. The van der Waals surface area contributed by atoms with E-state index in [0.29, 0.717) is 29.9 Å². The Balaban J connectivity index is 1.66. The lowest BCUT2D eigenvalue weighted by Gasteiger charge is -2.29. The fourth-order valence-electron chi connectivity index (χ4n) is 11.0. The highest BCUT2D eigenvalue weighted by Crippen LogP contribution is 2.17. The van der Waals surface area contributed by atoms with Gasteiger partial charge in [0.15, 0.2) is 0 Å². The van der Waals surface area contributed by atoms with E-state index >= 15 is 0 Å². The molecule has 2 aliphatic rings. The maximum absolute atomic E-state index is 14.7. The van der Waals surface area contributed by atoms with Gasteiger partial charge >= 0.3 is 11.9 Å². The van der Waals surface area contributed by atoms with E-state index in [1.54, 1.807) is 58.0 Å². The summed E-state index contributed by atoms with van der Waals surface area (Å²) in [5, 5.41) is 51.3. The van der Waals surface area contributed by atoms with Crippen LogP contribution in [0.5, 0.6) is 0 Å². The summed E-state index contributed by atoms with van der Waals surface area (Å²) in [6.07, 6.45) is 0.509. The van der Waals surface area contributed by atoms with E-state index in [0.717, 1.165) is 6.42 Å². The molecular weight excluding hydrogens is 1300 g/mol. The topological polar surface area (TPSA) is 543 Å². The first-order valence-corrected chi connectivity index (χ1v) is 34.2. The highest BCUT2D eigenvalue weighted by molar-refractivity contribution is 6.01. The Bertz CT molecular complexity index is 3150. The summed E-state index contributed by atoms with van der Waals surface area (Å²) < 4.78 is 0. The number of aliphatic imine (C=N–C) groups is 1. The van der Waals surface area contributed by atoms with Crippen LogP contribution >= 0.6 is 0 Å². The molecule has 15 unspecified atom stereocenters. The summed E-state index contributed by atoms with van der Waals surface area (Å²) in [4.78, 5) is 205. The number of imidazole rings is 1. The molecule has 0 spiro atoms. The molecule has 100 heavy (non-hydrogen) atoms. The van der Waals surface area contributed by atoms with Gasteiger partial charge in [-0.05, 0) is 80.7 Å². The van der Waals surface area contributed by atoms with Crippen LogP contribution in [0, 0.1) is 23.7 Å². The number of aromatic amines is 1. The smallest absolute Gasteiger partial charge is 0.305 e. The average Bonchev–Trinajstić information content (AvgIpc) is 1.33. The number of hydrogen-bond acceptors (Lipinski definition) is 19. The highest BCUT2D eigenvalue weighted by Gasteiger charge is 2.40. The number of hydrogen-bond donors (Lipinski definition) is 18. The van der Waals surface area contributed by atoms with Crippen molar-refractivity contribution in [3.8, 4) is 0 Å². The van der Waals surface area contributed by atoms with Crippen molar-refractivity contribution < 1.29 is 77.3 Å². The Labute approximate surface area is 581 Å². The van der Waals surface area contributed by atoms with Gasteiger partial charge < -0.3 is 96.2 Å². The number of nitrogens with two attached hydrogens (primary N) is 3. The Morgan fingerprint density at radius 2 is 1.15 bits per heavy atom. The van der Waals surface area contributed by atoms with Crippen LogP contribution in [-0.4, -0.2) is 201 Å². The van der Waals surface area contributed by atoms with Crippen molar-refractivity contribution in [3.63, 3.8) is 0 Å². The predicted molar refractivity (Wildman–Crippen MR) is 365 cm³/mol. The predicted octanol–water partition coefficient (Wildman–Crippen LogP) is -2.82. The number of carbonyl (C=O) groups is 14. The second-order valence-corrected chi connectivity index (χ2v) is 26.1. The standard InChI is InChI=1S/C66H104N18O16/c1-9-35(6)52(69)55-72-32-48(74-55)64(98)78-43(26-34(4)5)59(93)77-42(22-23-50(86)87)58(92)83-53(36(7)10-2)65(99)71-25-16-15-20-40-56(90)75-41(21-17-24-67)57(91)84-54(37(8)11-3)66(100)82-44(27-38-18-13-12-14-19-38)60(94)79-45(28-39-31-70-33-73-39)61(95)81-47(30-51(88)89)63(97)80-46(29-49(68)85)62(96)76-40/h12-14,18-19,31,33-37,40-48,52-54H,9-11,15-17,20-30,32,67,69H2,1-8H3,(H2,68,85)(H,70,73)(H,71,99)(H,72,74)(H,75,90)(H,76,96)(H,77,93)(H,78,98)(H,79,94)(H,80,97)(H,81,95)(H,82,100)(H,83,92)(H,84,91)(H,86,87)(H,88,89). The molecule has 2 aromatic rings. The molecule has 2 aliphatic heterocycles. The number of unbranched alkanes of at least 4 members (excludes halogenated alkanes) is 1. The van der Waals surface area contributed by atoms with Crippen LogP contribution in [0.2, 0.25) is 0 Å². The molecule has 21 N–H and O–H groups in total. The number of aliphatic carboxylic acids is 2. The monoisotopic (exact) mass is 1400 g/mol. The molecule has 0 radical (unpaired) electrons. The largest absolute Gasteiger partial charge is 0.481 e. The van der Waals surface area contributed by atoms with Crippen LogP contribution in [0.15, 0.2) is 47.8 Å². The number of amides is 12. The lowest BCUT2D eigenvalue weighted by Crippen LogP contribution is -2.61. The zero-order valence-electron chi connectivity index (χ0n) is 58.2. The first-order valence-electron chi connectivity index (χ1n) is 34.2. The van der Waals surface area contributed by atoms with Gasteiger partial charge in [0.2, 0.25) is 70.9 Å². The third kappa shape index (κ3) is 27.3. The Morgan fingerprint density at radius 3 is 1.71 bits per heavy atom. The molecule has 34 heteroatoms. The van der Waals surface area contributed by atoms with Crippen molar-refractivity contribution in [2.45, 2.75) is 224 Å². The summed E-state index contributed by atoms with van der Waals surface area (Å²) >= 11 is 0. The molecule has 12 amide bonds. The third-order valence-electron chi connectivity index (χ3n) is 17.6. The molecule has 1 aromatic carbocycles. The summed E-state index contributed by atoms with van der Waals surface area (Å²) in [7, 11) is 0. The molecule has 3 heterocycles. The van der Waals surface area contributed by atoms with E-state index < -0.39 is 193 Å². The van der Waals surface area contributed by atoms with Gasteiger partial charge in [0.05, 0.1) is 31.8 Å². The molecule has 1 saturated heterocycles. The van der Waals surface area contributed by atoms with Crippen LogP contribution in [0.3, 0.4) is 0 Å². The van der Waals surface area contributed by atoms with E-state index in [4.69, 9.17) is 17.2 Å². The molecule has 15 atom stereocenters. The molecule has 4 rings (SSSR count). The fraction of sp³-hybridized carbons (Fsp3) is 0.636. The minimum absolute atomic E-state index is 0.000912. The number of aromatic nitrogens is 2. The first-order chi connectivity index (χ1) is 47.4. The van der Waals surface area contributed by atoms with E-state index in [9.17, 15) is 77.3 Å². The molecule has 1 aromatic heterocycles. The number of primary amides is 1. The Kier molecular flexibility index (Phi) is 34.6. The third-order valence-corrected chi connectivity index (χ3v) is 17.6. The molecular formula is C66H104N18O16. The quantitative estimate of drug-likeness (QED) is 0.0310. The summed E-state index contributed by atoms with van der Waals surface area (Å²) in [5.41, 5.74) is 18.7. The second kappa shape index (κ2) is 41.7. The van der Waals surface area contributed by atoms with E-state index in [1.165, 1.54) is 12.5 Å². The number of carbonyl (C=O) groups excluding carboxylic acids is 12. The molecule has 1 fully saturated rings. The molecule has 0 saturated carbocycles. The lowest BCUT2D eigenvalue weighted by atomic mass is 9.96. The van der Waals surface area contributed by atoms with Crippen molar-refractivity contribution in [2.24, 2.45) is 45.9 Å². The summed E-state index contributed by atoms with van der Waals surface area (Å²) in [5.74, 6) is -15.0. The molecule has 0 aliphatic carbocycles. The lowest BCUT2D eigenvalue weighted by molar-refractivity contribution is -0.142. The maximum Gasteiger partial charge on any atom is 0.305 e. The molecule has 0 bridgehead atoms. The first kappa shape index (κ1) is 82.8. The zero-order chi connectivity index (χ0) is 74.3. The SMILES string of the molecule is CCC(C)C(N)C1=NCC(C(=O)NC(CC(C)C)C(=O)NC(CCC(=O)O)C(=O)NC(C(=O)NCCCCC2NC(=O)C(CC(N)=O)NC(=O)C(CC(=O)O)NC(=O)C(Cc3cnc[nH]3)NC(=O)C(Cc3ccccc3)NC(=O)C(C(C)CC)NC(=O)C(CCCN)NC2=O)C(C)CC)N1. The number of carboxylic acid groups (broad SMARTS) is 2. The van der Waals surface area contributed by atoms with Crippen molar-refractivity contribution in [3.05, 3.63) is 54.1 Å². The Morgan fingerprint density at radius 1 is 0.600 bits per heavy atom. The van der Waals surface area contributed by atoms with Gasteiger partial charge in [-0.15, -0.1) is 0 Å². The van der Waals surface area contributed by atoms with Gasteiger partial charge in [-0.25, -0.2) is 4.98 Å². The van der Waals surface area contributed by atoms with Crippen molar-refractivity contribution >= 4 is 88.7 Å². The van der Waals surface area contributed by atoms with Gasteiger partial charge in [-0.1, -0.05) is 105 Å². The maximum atomic E-state index is 14.7. The molecule has 34 nitrogen and oxygen atoms in total. The summed E-state index contributed by atoms with van der Waals surface area (Å²) in [6.45, 7) is 14.4. The van der Waals surface area contributed by atoms with Crippen LogP contribution < -0.4 is 81.0 Å². The van der Waals surface area contributed by atoms with Gasteiger partial charge in [0, 0.05) is 37.7 Å². The number of benzene rings is 1. The van der Waals surface area contributed by atoms with Gasteiger partial charge in [-0.3, -0.25) is 72.1 Å². The van der Waals surface area contributed by atoms with E-state index in [1.807, 2.05) is 27.7 Å². The van der Waals surface area contributed by atoms with E-state index in [2.05, 4.69) is 78.8 Å². The minimum atomic E-state index is -2.00. The van der Waals surface area contributed by atoms with Crippen molar-refractivity contribution in [1.82, 2.24) is 73.8 Å². The summed E-state index contributed by atoms with van der Waals surface area (Å²) in [6, 6.07) is -8.17. The van der Waals surface area contributed by atoms with Gasteiger partial charge in [0.1, 0.15) is 72.3 Å². The van der Waals surface area contributed by atoms with Crippen LogP contribution in [0.1, 0.15) is 150 Å². The molecule has 554 valence electrons. The number of carboxylic acids is 2. The normalized spacial score (nSPS) is 22.6. The van der Waals surface area contributed by atoms with E-state index in [-0.39, 0.29) is 82.8 Å². The fourth-order valence-corrected chi connectivity index (χ4v) is 11.0. The average molecular weight is 1410 g/mol. The number of nitrogens with zero attached hydrogens (tertiary/aromatic N) is 2. The van der Waals surface area contributed by atoms with Crippen molar-refractivity contribution in [1.29, 1.82) is 0 Å². The zero-order valence-corrected chi connectivity index (χ0v) is 58.2. The second-order valence-electron chi connectivity index (χ2n) is 26.1. The van der Waals surface area contributed by atoms with Gasteiger partial charge in [-0.2, -0.15) is 0 Å². The van der Waals surface area contributed by atoms with Crippen LogP contribution in [0.4, 0.5) is 0 Å². The Hall–Kier alpha value is -9.60. The van der Waals surface area contributed by atoms with Crippen molar-refractivity contribution in [2.75, 3.05) is 19.6 Å². The van der Waals surface area contributed by atoms with Crippen LogP contribution in [-0.2, 0) is 80.0 Å². The number of rotatable bonds is 35. The number of nitrogens with one attached hydrogen (secondary N) is 13. The number of amidine groups is 1. The van der Waals surface area contributed by atoms with Crippen LogP contribution in [0.25, 0.3) is 0 Å². The minimum Gasteiger partial charge on any atom is -0.481 e.